The molecule has 4 rings (SSSR count). The number of rotatable bonds is 4. The number of carbonyl (C=O) groups excluding carboxylic acids is 1. The Morgan fingerprint density at radius 1 is 1.23 bits per heavy atom. The molecule has 0 bridgehead atoms. The molecule has 30 heavy (non-hydrogen) atoms. The zero-order valence-corrected chi connectivity index (χ0v) is 16.5. The average Bonchev–Trinajstić information content (AvgIpc) is 3.16. The number of ether oxygens (including phenoxy) is 1. The summed E-state index contributed by atoms with van der Waals surface area (Å²) in [6.45, 7) is 1.61. The van der Waals surface area contributed by atoms with E-state index in [0.29, 0.717) is 18.8 Å². The third-order valence-electron chi connectivity index (χ3n) is 5.71. The Bertz CT molecular complexity index is 1020. The van der Waals surface area contributed by atoms with E-state index in [9.17, 15) is 9.18 Å². The molecule has 8 heteroatoms. The molecule has 7 nitrogen and oxygen atoms in total. The highest BCUT2D eigenvalue weighted by atomic mass is 19.1. The van der Waals surface area contributed by atoms with Gasteiger partial charge in [0.05, 0.1) is 24.7 Å². The van der Waals surface area contributed by atoms with Gasteiger partial charge < -0.3 is 9.64 Å². The predicted octanol–water partition coefficient (Wildman–Crippen LogP) is 2.41. The van der Waals surface area contributed by atoms with Gasteiger partial charge in [-0.15, -0.1) is 0 Å². The monoisotopic (exact) mass is 407 g/mol. The molecule has 0 N–H and O–H groups in total. The fraction of sp³-hybridized carbons (Fsp3) is 0.455. The highest BCUT2D eigenvalue weighted by Gasteiger charge is 2.36. The average molecular weight is 407 g/mol. The number of halogens is 1. The van der Waals surface area contributed by atoms with Crippen molar-refractivity contribution in [2.45, 2.75) is 37.6 Å². The summed E-state index contributed by atoms with van der Waals surface area (Å²) in [6.07, 6.45) is 0.541. The fourth-order valence-corrected chi connectivity index (χ4v) is 4.12. The second-order valence-corrected chi connectivity index (χ2v) is 7.75. The van der Waals surface area contributed by atoms with Crippen molar-refractivity contribution in [2.75, 3.05) is 26.2 Å². The Morgan fingerprint density at radius 3 is 2.77 bits per heavy atom. The van der Waals surface area contributed by atoms with Crippen LogP contribution in [0.4, 0.5) is 4.39 Å². The van der Waals surface area contributed by atoms with Crippen LogP contribution in [-0.2, 0) is 4.79 Å². The lowest BCUT2D eigenvalue weighted by Crippen LogP contribution is -2.46. The van der Waals surface area contributed by atoms with E-state index >= 15 is 0 Å². The van der Waals surface area contributed by atoms with Crippen LogP contribution in [0.3, 0.4) is 0 Å². The van der Waals surface area contributed by atoms with Crippen LogP contribution < -0.4 is 4.74 Å². The second kappa shape index (κ2) is 8.64. The van der Waals surface area contributed by atoms with Crippen molar-refractivity contribution < 1.29 is 13.9 Å². The van der Waals surface area contributed by atoms with Crippen LogP contribution in [0.25, 0.3) is 10.9 Å². The molecule has 2 fully saturated rings. The predicted molar refractivity (Wildman–Crippen MR) is 107 cm³/mol. The summed E-state index contributed by atoms with van der Waals surface area (Å²) in [7, 11) is 0. The Labute approximate surface area is 174 Å². The summed E-state index contributed by atoms with van der Waals surface area (Å²) < 4.78 is 19.8. The number of amides is 1. The van der Waals surface area contributed by atoms with E-state index in [1.165, 1.54) is 4.90 Å². The van der Waals surface area contributed by atoms with Crippen molar-refractivity contribution in [3.05, 3.63) is 36.0 Å². The minimum Gasteiger partial charge on any atom is -0.490 e. The molecule has 0 aliphatic carbocycles. The van der Waals surface area contributed by atoms with Crippen molar-refractivity contribution in [1.29, 1.82) is 10.5 Å². The van der Waals surface area contributed by atoms with Crippen molar-refractivity contribution in [3.63, 3.8) is 0 Å². The van der Waals surface area contributed by atoms with E-state index in [1.807, 2.05) is 41.3 Å². The number of hydrogen-bond acceptors (Lipinski definition) is 6. The molecule has 0 unspecified atom stereocenters. The van der Waals surface area contributed by atoms with Crippen LogP contribution in [0.5, 0.6) is 5.75 Å². The van der Waals surface area contributed by atoms with Crippen LogP contribution >= 0.6 is 0 Å². The van der Waals surface area contributed by atoms with Gasteiger partial charge in [-0.3, -0.25) is 9.69 Å². The highest BCUT2D eigenvalue weighted by molar-refractivity contribution is 5.85. The summed E-state index contributed by atoms with van der Waals surface area (Å²) >= 11 is 0. The SMILES string of the molecule is N#Cc1ccc2c(OC3CCN(CC(=O)N4C[C@@H](F)C[C@H]4C#N)CC3)cccc2n1. The number of alkyl halides is 1. The first-order valence-electron chi connectivity index (χ1n) is 10.1. The highest BCUT2D eigenvalue weighted by Crippen LogP contribution is 2.28. The van der Waals surface area contributed by atoms with Crippen LogP contribution in [0.15, 0.2) is 30.3 Å². The minimum absolute atomic E-state index is 0.0132. The first-order chi connectivity index (χ1) is 14.6. The largest absolute Gasteiger partial charge is 0.490 e. The Balaban J connectivity index is 1.33. The van der Waals surface area contributed by atoms with Gasteiger partial charge in [-0.25, -0.2) is 9.37 Å². The van der Waals surface area contributed by atoms with Crippen molar-refractivity contribution in [3.8, 4) is 17.9 Å². The number of aromatic nitrogens is 1. The van der Waals surface area contributed by atoms with E-state index in [2.05, 4.69) is 4.98 Å². The number of likely N-dealkylation sites (tertiary alicyclic amines) is 2. The Morgan fingerprint density at radius 2 is 2.03 bits per heavy atom. The van der Waals surface area contributed by atoms with E-state index in [1.54, 1.807) is 6.07 Å². The Hall–Kier alpha value is -3.23. The minimum atomic E-state index is -1.11. The normalized spacial score (nSPS) is 22.6. The topological polar surface area (TPSA) is 93.2 Å². The van der Waals surface area contributed by atoms with Gasteiger partial charge in [0.15, 0.2) is 0 Å². The molecular weight excluding hydrogens is 385 g/mol. The molecule has 2 atom stereocenters. The van der Waals surface area contributed by atoms with Crippen LogP contribution in [0.2, 0.25) is 0 Å². The van der Waals surface area contributed by atoms with E-state index in [-0.39, 0.29) is 31.5 Å². The number of pyridine rings is 1. The van der Waals surface area contributed by atoms with Crippen LogP contribution in [-0.4, -0.2) is 65.2 Å². The molecule has 2 aliphatic rings. The van der Waals surface area contributed by atoms with Gasteiger partial charge in [0.2, 0.25) is 5.91 Å². The summed E-state index contributed by atoms with van der Waals surface area (Å²) in [6, 6.07) is 12.5. The molecule has 0 radical (unpaired) electrons. The third kappa shape index (κ3) is 4.19. The number of carbonyl (C=O) groups is 1. The molecule has 154 valence electrons. The van der Waals surface area contributed by atoms with Crippen LogP contribution in [0, 0.1) is 22.7 Å². The molecule has 1 aromatic carbocycles. The lowest BCUT2D eigenvalue weighted by molar-refractivity contribution is -0.133. The molecule has 2 aromatic rings. The van der Waals surface area contributed by atoms with Gasteiger partial charge in [-0.2, -0.15) is 10.5 Å². The van der Waals surface area contributed by atoms with Gasteiger partial charge in [-0.1, -0.05) is 6.07 Å². The van der Waals surface area contributed by atoms with Crippen LogP contribution in [0.1, 0.15) is 25.0 Å². The fourth-order valence-electron chi connectivity index (χ4n) is 4.12. The summed E-state index contributed by atoms with van der Waals surface area (Å²) in [5.41, 5.74) is 1.09. The van der Waals surface area contributed by atoms with Gasteiger partial charge >= 0.3 is 0 Å². The maximum absolute atomic E-state index is 13.6. The smallest absolute Gasteiger partial charge is 0.237 e. The molecule has 2 saturated heterocycles. The van der Waals surface area contributed by atoms with E-state index < -0.39 is 12.2 Å². The molecule has 0 spiro atoms. The van der Waals surface area contributed by atoms with Gasteiger partial charge in [-0.05, 0) is 37.1 Å². The lowest BCUT2D eigenvalue weighted by Gasteiger charge is -2.33. The van der Waals surface area contributed by atoms with Gasteiger partial charge in [0, 0.05) is 24.9 Å². The summed E-state index contributed by atoms with van der Waals surface area (Å²) in [4.78, 5) is 20.2. The van der Waals surface area contributed by atoms with E-state index in [0.717, 1.165) is 29.5 Å². The summed E-state index contributed by atoms with van der Waals surface area (Å²) in [5, 5.41) is 19.0. The molecule has 1 aromatic heterocycles. The molecule has 0 saturated carbocycles. The third-order valence-corrected chi connectivity index (χ3v) is 5.71. The number of piperidine rings is 1. The molecular formula is C22H22FN5O2. The van der Waals surface area contributed by atoms with Crippen molar-refractivity contribution in [2.24, 2.45) is 0 Å². The standard InChI is InChI=1S/C22H22FN5O2/c23-15-10-17(12-25)28(13-15)22(29)14-27-8-6-18(7-9-27)30-21-3-1-2-20-19(21)5-4-16(11-24)26-20/h1-5,15,17-18H,6-10,13-14H2/t15-,17-/m0/s1. The second-order valence-electron chi connectivity index (χ2n) is 7.75. The zero-order chi connectivity index (χ0) is 21.1. The van der Waals surface area contributed by atoms with Gasteiger partial charge in [0.25, 0.3) is 0 Å². The zero-order valence-electron chi connectivity index (χ0n) is 16.5. The van der Waals surface area contributed by atoms with Gasteiger partial charge in [0.1, 0.15) is 35.8 Å². The number of fused-ring (bicyclic) bond motifs is 1. The molecule has 1 amide bonds. The molecule has 2 aliphatic heterocycles. The number of nitrogens with zero attached hydrogens (tertiary/aromatic N) is 5. The maximum atomic E-state index is 13.6. The summed E-state index contributed by atoms with van der Waals surface area (Å²) in [5.74, 6) is 0.552. The first-order valence-corrected chi connectivity index (χ1v) is 10.1. The van der Waals surface area contributed by atoms with Crippen molar-refractivity contribution >= 4 is 16.8 Å². The molecule has 3 heterocycles. The number of nitriles is 2. The van der Waals surface area contributed by atoms with E-state index in [4.69, 9.17) is 15.3 Å². The maximum Gasteiger partial charge on any atom is 0.237 e. The van der Waals surface area contributed by atoms with Crippen molar-refractivity contribution in [1.82, 2.24) is 14.8 Å². The lowest BCUT2D eigenvalue weighted by atomic mass is 10.1. The quantitative estimate of drug-likeness (QED) is 0.773. The first kappa shape index (κ1) is 20.1. The Kier molecular flexibility index (Phi) is 5.78. The number of hydrogen-bond donors (Lipinski definition) is 0. The number of benzene rings is 1.